The summed E-state index contributed by atoms with van der Waals surface area (Å²) in [5.41, 5.74) is 9.02. The number of aromatic nitrogens is 2. The molecule has 0 saturated heterocycles. The van der Waals surface area contributed by atoms with Crippen molar-refractivity contribution in [3.8, 4) is 17.1 Å². The number of hydrogen-bond donors (Lipinski definition) is 0. The van der Waals surface area contributed by atoms with Gasteiger partial charge in [-0.25, -0.2) is 4.98 Å². The van der Waals surface area contributed by atoms with E-state index in [0.29, 0.717) is 5.89 Å². The number of fused-ring (bicyclic) bond motifs is 11. The Labute approximate surface area is 269 Å². The van der Waals surface area contributed by atoms with Gasteiger partial charge in [0.1, 0.15) is 11.1 Å². The zero-order chi connectivity index (χ0) is 31.2. The monoisotopic (exact) mass is 602 g/mol. The normalized spacial score (nSPS) is 12.0. The molecular weight excluding hydrogens is 576 g/mol. The molecule has 10 aromatic rings. The maximum absolute atomic E-state index is 6.89. The first-order valence-corrected chi connectivity index (χ1v) is 15.7. The molecule has 3 heterocycles. The summed E-state index contributed by atoms with van der Waals surface area (Å²) in [4.78, 5) is 4.86. The first kappa shape index (κ1) is 25.9. The third-order valence-electron chi connectivity index (χ3n) is 9.55. The number of rotatable bonds is 4. The highest BCUT2D eigenvalue weighted by Gasteiger charge is 2.25. The van der Waals surface area contributed by atoms with E-state index in [0.717, 1.165) is 66.4 Å². The Morgan fingerprint density at radius 2 is 1.23 bits per heavy atom. The van der Waals surface area contributed by atoms with Crippen molar-refractivity contribution in [1.29, 1.82) is 0 Å². The summed E-state index contributed by atoms with van der Waals surface area (Å²) in [5.74, 6) is 0.559. The summed E-state index contributed by atoms with van der Waals surface area (Å²) in [5, 5.41) is 9.17. The zero-order valence-electron chi connectivity index (χ0n) is 25.3. The molecule has 0 amide bonds. The topological polar surface area (TPSA) is 44.1 Å². The Morgan fingerprint density at radius 3 is 1.91 bits per heavy atom. The van der Waals surface area contributed by atoms with Gasteiger partial charge in [-0.05, 0) is 69.6 Å². The molecular formula is C43H26N2O2. The Morgan fingerprint density at radius 1 is 0.574 bits per heavy atom. The predicted octanol–water partition coefficient (Wildman–Crippen LogP) is 12.1. The standard InChI is InChI=1S/C43H26N2O2/c1-3-25-24-32-38-31(43-44-33-17-9-10-18-36(33)47-43)16-11-19-37(38)46-42(32)41(28(25)4-2)45-34-22-20-26-12-5-7-14-29(26)39(34)40-30-15-8-6-13-27(30)21-23-35(40)45/h3-24H,1-2H2. The molecule has 10 rings (SSSR count). The van der Waals surface area contributed by atoms with Crippen LogP contribution >= 0.6 is 0 Å². The number of nitrogens with zero attached hydrogens (tertiary/aromatic N) is 2. The van der Waals surface area contributed by atoms with Crippen LogP contribution in [0.25, 0.3) is 106 Å². The Bertz CT molecular complexity index is 2830. The average Bonchev–Trinajstić information content (AvgIpc) is 3.82. The Kier molecular flexibility index (Phi) is 5.26. The van der Waals surface area contributed by atoms with Gasteiger partial charge in [-0.1, -0.05) is 104 Å². The fourth-order valence-corrected chi connectivity index (χ4v) is 7.54. The Balaban J connectivity index is 1.41. The fourth-order valence-electron chi connectivity index (χ4n) is 7.54. The van der Waals surface area contributed by atoms with E-state index in [1.54, 1.807) is 0 Å². The largest absolute Gasteiger partial charge is 0.454 e. The summed E-state index contributed by atoms with van der Waals surface area (Å²) < 4.78 is 15.5. The number of oxazole rings is 1. The lowest BCUT2D eigenvalue weighted by molar-refractivity contribution is 0.620. The predicted molar refractivity (Wildman–Crippen MR) is 196 cm³/mol. The van der Waals surface area contributed by atoms with E-state index in [1.807, 2.05) is 48.6 Å². The first-order chi connectivity index (χ1) is 23.2. The molecule has 0 atom stereocenters. The molecule has 0 N–H and O–H groups in total. The van der Waals surface area contributed by atoms with Crippen LogP contribution in [-0.2, 0) is 0 Å². The molecule has 0 aliphatic rings. The summed E-state index contributed by atoms with van der Waals surface area (Å²) in [6, 6.07) is 42.2. The van der Waals surface area contributed by atoms with Gasteiger partial charge in [0.05, 0.1) is 16.7 Å². The second kappa shape index (κ2) is 9.56. The third-order valence-corrected chi connectivity index (χ3v) is 9.55. The van der Waals surface area contributed by atoms with Crippen molar-refractivity contribution < 1.29 is 8.83 Å². The van der Waals surface area contributed by atoms with Crippen LogP contribution in [0, 0.1) is 0 Å². The maximum Gasteiger partial charge on any atom is 0.228 e. The van der Waals surface area contributed by atoms with Gasteiger partial charge < -0.3 is 13.4 Å². The van der Waals surface area contributed by atoms with E-state index in [2.05, 4.69) is 103 Å². The van der Waals surface area contributed by atoms with Crippen LogP contribution < -0.4 is 0 Å². The number of benzene rings is 7. The lowest BCUT2D eigenvalue weighted by atomic mass is 9.98. The van der Waals surface area contributed by atoms with E-state index in [-0.39, 0.29) is 0 Å². The van der Waals surface area contributed by atoms with Gasteiger partial charge >= 0.3 is 0 Å². The average molecular weight is 603 g/mol. The third kappa shape index (κ3) is 3.50. The molecule has 0 aliphatic carbocycles. The van der Waals surface area contributed by atoms with Crippen molar-refractivity contribution in [1.82, 2.24) is 9.55 Å². The molecule has 0 fully saturated rings. The fraction of sp³-hybridized carbons (Fsp3) is 0. The highest BCUT2D eigenvalue weighted by Crippen LogP contribution is 2.46. The van der Waals surface area contributed by atoms with E-state index < -0.39 is 0 Å². The van der Waals surface area contributed by atoms with Crippen LogP contribution in [0.2, 0.25) is 0 Å². The summed E-state index contributed by atoms with van der Waals surface area (Å²) in [7, 11) is 0. The van der Waals surface area contributed by atoms with Crippen molar-refractivity contribution in [2.75, 3.05) is 0 Å². The molecule has 4 heteroatoms. The number of para-hydroxylation sites is 2. The van der Waals surface area contributed by atoms with E-state index >= 15 is 0 Å². The molecule has 47 heavy (non-hydrogen) atoms. The maximum atomic E-state index is 6.89. The highest BCUT2D eigenvalue weighted by molar-refractivity contribution is 6.29. The minimum atomic E-state index is 0.559. The Hall–Kier alpha value is -6.39. The zero-order valence-corrected chi connectivity index (χ0v) is 25.3. The molecule has 0 spiro atoms. The molecule has 220 valence electrons. The lowest BCUT2D eigenvalue weighted by Crippen LogP contribution is -2.00. The van der Waals surface area contributed by atoms with Crippen LogP contribution in [0.15, 0.2) is 143 Å². The SMILES string of the molecule is C=Cc1cc2c(oc3cccc(-c4nc5ccccc5o4)c32)c(-n2c3ccc4ccccc4c3c3c4ccccc4ccc32)c1C=C. The van der Waals surface area contributed by atoms with Crippen molar-refractivity contribution >= 4 is 88.5 Å². The molecule has 0 radical (unpaired) electrons. The number of hydrogen-bond acceptors (Lipinski definition) is 3. The van der Waals surface area contributed by atoms with Crippen molar-refractivity contribution in [2.45, 2.75) is 0 Å². The number of furan rings is 1. The van der Waals surface area contributed by atoms with E-state index in [9.17, 15) is 0 Å². The summed E-state index contributed by atoms with van der Waals surface area (Å²) >= 11 is 0. The van der Waals surface area contributed by atoms with Gasteiger partial charge in [0.25, 0.3) is 0 Å². The van der Waals surface area contributed by atoms with Gasteiger partial charge in [-0.15, -0.1) is 0 Å². The van der Waals surface area contributed by atoms with Crippen molar-refractivity contribution in [2.24, 2.45) is 0 Å². The molecule has 0 aliphatic heterocycles. The minimum Gasteiger partial charge on any atom is -0.454 e. The first-order valence-electron chi connectivity index (χ1n) is 15.7. The van der Waals surface area contributed by atoms with Crippen LogP contribution in [0.4, 0.5) is 0 Å². The summed E-state index contributed by atoms with van der Waals surface area (Å²) in [6.45, 7) is 8.52. The second-order valence-electron chi connectivity index (χ2n) is 12.0. The van der Waals surface area contributed by atoms with E-state index in [4.69, 9.17) is 13.8 Å². The van der Waals surface area contributed by atoms with Crippen molar-refractivity contribution in [3.63, 3.8) is 0 Å². The van der Waals surface area contributed by atoms with Crippen LogP contribution in [0.3, 0.4) is 0 Å². The molecule has 3 aromatic heterocycles. The second-order valence-corrected chi connectivity index (χ2v) is 12.0. The van der Waals surface area contributed by atoms with Crippen LogP contribution in [0.1, 0.15) is 11.1 Å². The molecule has 0 saturated carbocycles. The molecule has 7 aromatic carbocycles. The van der Waals surface area contributed by atoms with E-state index in [1.165, 1.54) is 32.3 Å². The van der Waals surface area contributed by atoms with Gasteiger partial charge in [-0.3, -0.25) is 0 Å². The minimum absolute atomic E-state index is 0.559. The molecule has 0 bridgehead atoms. The van der Waals surface area contributed by atoms with Gasteiger partial charge in [0, 0.05) is 32.7 Å². The molecule has 0 unspecified atom stereocenters. The van der Waals surface area contributed by atoms with Gasteiger partial charge in [0.15, 0.2) is 11.2 Å². The summed E-state index contributed by atoms with van der Waals surface area (Å²) in [6.07, 6.45) is 3.82. The van der Waals surface area contributed by atoms with Crippen LogP contribution in [0.5, 0.6) is 0 Å². The molecule has 4 nitrogen and oxygen atoms in total. The quantitative estimate of drug-likeness (QED) is 0.201. The van der Waals surface area contributed by atoms with Crippen LogP contribution in [-0.4, -0.2) is 9.55 Å². The van der Waals surface area contributed by atoms with Gasteiger partial charge in [-0.2, -0.15) is 0 Å². The smallest absolute Gasteiger partial charge is 0.228 e. The highest BCUT2D eigenvalue weighted by atomic mass is 16.3. The van der Waals surface area contributed by atoms with Gasteiger partial charge in [0.2, 0.25) is 5.89 Å². The lowest BCUT2D eigenvalue weighted by Gasteiger charge is -2.15. The van der Waals surface area contributed by atoms with Crippen molar-refractivity contribution in [3.05, 3.63) is 146 Å².